The summed E-state index contributed by atoms with van der Waals surface area (Å²) >= 11 is 3.30. The average Bonchev–Trinajstić information content (AvgIpc) is 2.53. The number of nitrogens with one attached hydrogen (secondary N) is 1. The largest absolute Gasteiger partial charge is 0.373 e. The summed E-state index contributed by atoms with van der Waals surface area (Å²) in [5.41, 5.74) is 0.191. The van der Waals surface area contributed by atoms with Crippen LogP contribution in [0.1, 0.15) is 33.3 Å². The zero-order valence-electron chi connectivity index (χ0n) is 15.2. The number of amides is 1. The lowest BCUT2D eigenvalue weighted by atomic mass is 10.00. The second-order valence-corrected chi connectivity index (χ2v) is 8.11. The Morgan fingerprint density at radius 3 is 2.68 bits per heavy atom. The molecule has 6 heteroatoms. The number of ether oxygens (including phenoxy) is 1. The van der Waals surface area contributed by atoms with Crippen LogP contribution in [0.4, 0.5) is 4.39 Å². The first-order valence-electron chi connectivity index (χ1n) is 8.49. The topological polar surface area (TPSA) is 41.6 Å². The van der Waals surface area contributed by atoms with Crippen molar-refractivity contribution in [3.05, 3.63) is 40.1 Å². The Labute approximate surface area is 157 Å². The molecule has 0 spiro atoms. The first-order valence-corrected chi connectivity index (χ1v) is 9.28. The third-order valence-electron chi connectivity index (χ3n) is 4.34. The van der Waals surface area contributed by atoms with Crippen LogP contribution < -0.4 is 5.32 Å². The van der Waals surface area contributed by atoms with E-state index in [-0.39, 0.29) is 29.5 Å². The van der Waals surface area contributed by atoms with Crippen molar-refractivity contribution in [1.82, 2.24) is 10.2 Å². The van der Waals surface area contributed by atoms with E-state index < -0.39 is 0 Å². The van der Waals surface area contributed by atoms with E-state index in [2.05, 4.69) is 53.8 Å². The third kappa shape index (κ3) is 5.90. The molecule has 1 saturated heterocycles. The standard InChI is InChI=1S/C19H26BrFN2O2/c1-13-10-23(11-14(2)25-13)19(3,4)12-22-18(24)8-5-15-9-16(20)6-7-17(15)21/h5-9,13-14H,10-12H2,1-4H3,(H,22,24)/b8-5+. The molecule has 0 saturated carbocycles. The minimum Gasteiger partial charge on any atom is -0.373 e. The normalized spacial score (nSPS) is 22.3. The third-order valence-corrected chi connectivity index (χ3v) is 4.84. The Kier molecular flexibility index (Phi) is 6.77. The van der Waals surface area contributed by atoms with Crippen molar-refractivity contribution in [2.24, 2.45) is 0 Å². The first-order chi connectivity index (χ1) is 11.7. The molecule has 25 heavy (non-hydrogen) atoms. The van der Waals surface area contributed by atoms with Crippen molar-refractivity contribution in [3.8, 4) is 0 Å². The lowest BCUT2D eigenvalue weighted by molar-refractivity contribution is -0.118. The maximum Gasteiger partial charge on any atom is 0.244 e. The summed E-state index contributed by atoms with van der Waals surface area (Å²) in [5.74, 6) is -0.592. The van der Waals surface area contributed by atoms with Gasteiger partial charge in [0, 0.05) is 41.3 Å². The number of carbonyl (C=O) groups is 1. The van der Waals surface area contributed by atoms with Crippen molar-refractivity contribution in [2.45, 2.75) is 45.4 Å². The number of hydrogen-bond acceptors (Lipinski definition) is 3. The molecule has 0 aromatic heterocycles. The average molecular weight is 413 g/mol. The Hall–Kier alpha value is -1.24. The summed E-state index contributed by atoms with van der Waals surface area (Å²) in [4.78, 5) is 14.4. The van der Waals surface area contributed by atoms with Gasteiger partial charge in [-0.25, -0.2) is 4.39 Å². The quantitative estimate of drug-likeness (QED) is 0.751. The Morgan fingerprint density at radius 1 is 1.40 bits per heavy atom. The molecule has 1 heterocycles. The number of halogens is 2. The van der Waals surface area contributed by atoms with Gasteiger partial charge in [0.2, 0.25) is 5.91 Å². The molecular formula is C19H26BrFN2O2. The van der Waals surface area contributed by atoms with Crippen LogP contribution in [0.15, 0.2) is 28.7 Å². The molecule has 2 unspecified atom stereocenters. The lowest BCUT2D eigenvalue weighted by Gasteiger charge is -2.45. The van der Waals surface area contributed by atoms with Gasteiger partial charge < -0.3 is 10.1 Å². The molecule has 138 valence electrons. The van der Waals surface area contributed by atoms with E-state index >= 15 is 0 Å². The van der Waals surface area contributed by atoms with Gasteiger partial charge in [-0.15, -0.1) is 0 Å². The number of hydrogen-bond donors (Lipinski definition) is 1. The fourth-order valence-electron chi connectivity index (χ4n) is 2.95. The fraction of sp³-hybridized carbons (Fsp3) is 0.526. The molecule has 0 radical (unpaired) electrons. The molecule has 2 atom stereocenters. The number of benzene rings is 1. The summed E-state index contributed by atoms with van der Waals surface area (Å²) in [6, 6.07) is 4.63. The van der Waals surface area contributed by atoms with Gasteiger partial charge in [0.05, 0.1) is 12.2 Å². The van der Waals surface area contributed by atoms with Crippen LogP contribution in [0.2, 0.25) is 0 Å². The van der Waals surface area contributed by atoms with Gasteiger partial charge in [-0.05, 0) is 52.0 Å². The van der Waals surface area contributed by atoms with Crippen LogP contribution in [0.5, 0.6) is 0 Å². The van der Waals surface area contributed by atoms with E-state index in [1.165, 1.54) is 18.2 Å². The summed E-state index contributed by atoms with van der Waals surface area (Å²) < 4.78 is 20.2. The molecule has 0 bridgehead atoms. The van der Waals surface area contributed by atoms with E-state index in [0.29, 0.717) is 12.1 Å². The number of nitrogens with zero attached hydrogens (tertiary/aromatic N) is 1. The van der Waals surface area contributed by atoms with E-state index in [9.17, 15) is 9.18 Å². The van der Waals surface area contributed by atoms with Crippen molar-refractivity contribution in [3.63, 3.8) is 0 Å². The van der Waals surface area contributed by atoms with Crippen LogP contribution in [0.3, 0.4) is 0 Å². The Bertz CT molecular complexity index is 638. The SMILES string of the molecule is CC1CN(C(C)(C)CNC(=O)/C=C/c2cc(Br)ccc2F)CC(C)O1. The van der Waals surface area contributed by atoms with E-state index in [1.807, 2.05) is 0 Å². The zero-order valence-corrected chi connectivity index (χ0v) is 16.8. The van der Waals surface area contributed by atoms with Crippen molar-refractivity contribution in [2.75, 3.05) is 19.6 Å². The van der Waals surface area contributed by atoms with Gasteiger partial charge in [-0.1, -0.05) is 15.9 Å². The van der Waals surface area contributed by atoms with Crippen LogP contribution in [-0.4, -0.2) is 48.2 Å². The Balaban J connectivity index is 1.92. The van der Waals surface area contributed by atoms with E-state index in [0.717, 1.165) is 17.6 Å². The molecule has 0 aliphatic carbocycles. The smallest absolute Gasteiger partial charge is 0.244 e. The minimum absolute atomic E-state index is 0.179. The highest BCUT2D eigenvalue weighted by molar-refractivity contribution is 9.10. The maximum absolute atomic E-state index is 13.7. The van der Waals surface area contributed by atoms with Gasteiger partial charge in [0.25, 0.3) is 0 Å². The minimum atomic E-state index is -0.358. The maximum atomic E-state index is 13.7. The van der Waals surface area contributed by atoms with Crippen LogP contribution >= 0.6 is 15.9 Å². The van der Waals surface area contributed by atoms with Gasteiger partial charge >= 0.3 is 0 Å². The molecule has 4 nitrogen and oxygen atoms in total. The van der Waals surface area contributed by atoms with Crippen LogP contribution in [-0.2, 0) is 9.53 Å². The van der Waals surface area contributed by atoms with Gasteiger partial charge in [0.15, 0.2) is 0 Å². The first kappa shape index (κ1) is 20.1. The molecule has 1 N–H and O–H groups in total. The second kappa shape index (κ2) is 8.43. The van der Waals surface area contributed by atoms with Crippen molar-refractivity contribution < 1.29 is 13.9 Å². The predicted molar refractivity (Wildman–Crippen MR) is 102 cm³/mol. The van der Waals surface area contributed by atoms with E-state index in [1.54, 1.807) is 12.1 Å². The summed E-state index contributed by atoms with van der Waals surface area (Å²) in [6.07, 6.45) is 3.21. The molecule has 2 rings (SSSR count). The number of morpholine rings is 1. The van der Waals surface area contributed by atoms with E-state index in [4.69, 9.17) is 4.74 Å². The summed E-state index contributed by atoms with van der Waals surface area (Å²) in [7, 11) is 0. The van der Waals surface area contributed by atoms with Gasteiger partial charge in [-0.3, -0.25) is 9.69 Å². The van der Waals surface area contributed by atoms with Gasteiger partial charge in [0.1, 0.15) is 5.82 Å². The highest BCUT2D eigenvalue weighted by Crippen LogP contribution is 2.21. The van der Waals surface area contributed by atoms with Crippen LogP contribution in [0, 0.1) is 5.82 Å². The molecule has 1 aromatic carbocycles. The monoisotopic (exact) mass is 412 g/mol. The molecule has 1 aliphatic heterocycles. The zero-order chi connectivity index (χ0) is 18.6. The lowest BCUT2D eigenvalue weighted by Crippen LogP contribution is -2.58. The van der Waals surface area contributed by atoms with Crippen molar-refractivity contribution >= 4 is 27.9 Å². The summed E-state index contributed by atoms with van der Waals surface area (Å²) in [6.45, 7) is 10.5. The van der Waals surface area contributed by atoms with Gasteiger partial charge in [-0.2, -0.15) is 0 Å². The molecule has 1 amide bonds. The van der Waals surface area contributed by atoms with Crippen molar-refractivity contribution in [1.29, 1.82) is 0 Å². The highest BCUT2D eigenvalue weighted by atomic mass is 79.9. The number of carbonyl (C=O) groups excluding carboxylic acids is 1. The molecular weight excluding hydrogens is 387 g/mol. The summed E-state index contributed by atoms with van der Waals surface area (Å²) in [5, 5.41) is 2.91. The van der Waals surface area contributed by atoms with Crippen LogP contribution in [0.25, 0.3) is 6.08 Å². The molecule has 1 aliphatic rings. The number of rotatable bonds is 5. The molecule has 1 fully saturated rings. The predicted octanol–water partition coefficient (Wildman–Crippen LogP) is 3.61. The molecule has 1 aromatic rings. The fourth-order valence-corrected chi connectivity index (χ4v) is 3.33. The Morgan fingerprint density at radius 2 is 2.04 bits per heavy atom. The highest BCUT2D eigenvalue weighted by Gasteiger charge is 2.33. The second-order valence-electron chi connectivity index (χ2n) is 7.19.